The third-order valence-corrected chi connectivity index (χ3v) is 4.46. The number of aliphatic carboxylic acids is 1. The molecule has 1 aromatic rings. The van der Waals surface area contributed by atoms with Crippen LogP contribution in [-0.2, 0) is 4.79 Å². The van der Waals surface area contributed by atoms with Gasteiger partial charge in [-0.05, 0) is 38.0 Å². The minimum absolute atomic E-state index is 0.117. The van der Waals surface area contributed by atoms with Crippen LogP contribution in [0.15, 0.2) is 22.7 Å². The summed E-state index contributed by atoms with van der Waals surface area (Å²) in [5.74, 6) is -1.17. The van der Waals surface area contributed by atoms with Crippen molar-refractivity contribution in [3.8, 4) is 0 Å². The molecule has 1 aromatic carbocycles. The van der Waals surface area contributed by atoms with Gasteiger partial charge in [-0.2, -0.15) is 0 Å². The summed E-state index contributed by atoms with van der Waals surface area (Å²) in [5, 5.41) is 12.3. The maximum absolute atomic E-state index is 12.3. The third-order valence-electron chi connectivity index (χ3n) is 3.66. The van der Waals surface area contributed by atoms with Crippen LogP contribution in [0.2, 0.25) is 5.02 Å². The molecule has 1 aliphatic heterocycles. The lowest BCUT2D eigenvalue weighted by Gasteiger charge is -2.36. The van der Waals surface area contributed by atoms with Crippen LogP contribution < -0.4 is 5.32 Å². The first-order chi connectivity index (χ1) is 9.88. The van der Waals surface area contributed by atoms with Crippen LogP contribution in [0, 0.1) is 5.92 Å². The summed E-state index contributed by atoms with van der Waals surface area (Å²) in [6.45, 7) is 2.29. The highest BCUT2D eigenvalue weighted by atomic mass is 79.9. The largest absolute Gasteiger partial charge is 0.481 e. The van der Waals surface area contributed by atoms with E-state index in [9.17, 15) is 9.59 Å². The zero-order chi connectivity index (χ0) is 15.6. The predicted molar refractivity (Wildman–Crippen MR) is 84.7 cm³/mol. The van der Waals surface area contributed by atoms with Crippen LogP contribution in [0.4, 0.5) is 10.5 Å². The highest BCUT2D eigenvalue weighted by Crippen LogP contribution is 2.28. The SMILES string of the molecule is CC1CC(C(=O)O)CCN1C(=O)Nc1ccc(Br)cc1Cl. The fraction of sp³-hybridized carbons (Fsp3) is 0.429. The van der Waals surface area contributed by atoms with Gasteiger partial charge in [-0.25, -0.2) is 4.79 Å². The van der Waals surface area contributed by atoms with Gasteiger partial charge in [0.25, 0.3) is 0 Å². The van der Waals surface area contributed by atoms with Gasteiger partial charge < -0.3 is 15.3 Å². The molecule has 1 aliphatic rings. The summed E-state index contributed by atoms with van der Waals surface area (Å²) < 4.78 is 0.834. The molecular formula is C14H16BrClN2O3. The molecule has 2 unspecified atom stereocenters. The molecule has 0 aromatic heterocycles. The van der Waals surface area contributed by atoms with Crippen molar-refractivity contribution in [3.63, 3.8) is 0 Å². The number of urea groups is 1. The van der Waals surface area contributed by atoms with Crippen molar-refractivity contribution in [2.24, 2.45) is 5.92 Å². The maximum atomic E-state index is 12.3. The Labute approximate surface area is 136 Å². The lowest BCUT2D eigenvalue weighted by Crippen LogP contribution is -2.47. The standard InChI is InChI=1S/C14H16BrClN2O3/c1-8-6-9(13(19)20)4-5-18(8)14(21)17-12-3-2-10(15)7-11(12)16/h2-3,7-9H,4-6H2,1H3,(H,17,21)(H,19,20). The van der Waals surface area contributed by atoms with Crippen LogP contribution in [0.5, 0.6) is 0 Å². The Morgan fingerprint density at radius 1 is 1.48 bits per heavy atom. The summed E-state index contributed by atoms with van der Waals surface area (Å²) >= 11 is 9.38. The second-order valence-electron chi connectivity index (χ2n) is 5.16. The Hall–Kier alpha value is -1.27. The van der Waals surface area contributed by atoms with Crippen molar-refractivity contribution >= 4 is 45.2 Å². The number of carboxylic acid groups (broad SMARTS) is 1. The number of likely N-dealkylation sites (tertiary alicyclic amines) is 1. The smallest absolute Gasteiger partial charge is 0.322 e. The van der Waals surface area contributed by atoms with Gasteiger partial charge in [0.15, 0.2) is 0 Å². The van der Waals surface area contributed by atoms with E-state index in [0.717, 1.165) is 4.47 Å². The molecule has 5 nitrogen and oxygen atoms in total. The van der Waals surface area contributed by atoms with Crippen molar-refractivity contribution in [1.29, 1.82) is 0 Å². The van der Waals surface area contributed by atoms with Crippen LogP contribution in [-0.4, -0.2) is 34.6 Å². The molecule has 0 saturated carbocycles. The van der Waals surface area contributed by atoms with Gasteiger partial charge in [0.1, 0.15) is 0 Å². The van der Waals surface area contributed by atoms with Gasteiger partial charge in [-0.1, -0.05) is 27.5 Å². The van der Waals surface area contributed by atoms with Crippen molar-refractivity contribution in [2.75, 3.05) is 11.9 Å². The number of halogens is 2. The fourth-order valence-corrected chi connectivity index (χ4v) is 3.20. The van der Waals surface area contributed by atoms with Crippen molar-refractivity contribution in [3.05, 3.63) is 27.7 Å². The van der Waals surface area contributed by atoms with Gasteiger partial charge in [0, 0.05) is 17.1 Å². The van der Waals surface area contributed by atoms with Crippen LogP contribution >= 0.6 is 27.5 Å². The normalized spacial score (nSPS) is 22.0. The molecule has 2 rings (SSSR count). The Bertz CT molecular complexity index is 567. The minimum atomic E-state index is -0.794. The van der Waals surface area contributed by atoms with Gasteiger partial charge in [0.2, 0.25) is 0 Å². The number of hydrogen-bond acceptors (Lipinski definition) is 2. The number of benzene rings is 1. The molecule has 2 N–H and O–H groups in total. The molecule has 7 heteroatoms. The van der Waals surface area contributed by atoms with E-state index in [1.165, 1.54) is 0 Å². The molecule has 21 heavy (non-hydrogen) atoms. The number of carbonyl (C=O) groups is 2. The highest BCUT2D eigenvalue weighted by Gasteiger charge is 2.32. The van der Waals surface area contributed by atoms with Crippen molar-refractivity contribution in [2.45, 2.75) is 25.8 Å². The van der Waals surface area contributed by atoms with Crippen molar-refractivity contribution in [1.82, 2.24) is 4.90 Å². The number of anilines is 1. The Kier molecular flexibility index (Phi) is 5.11. The summed E-state index contributed by atoms with van der Waals surface area (Å²) in [6.07, 6.45) is 0.942. The number of piperidine rings is 1. The van der Waals surface area contributed by atoms with E-state index >= 15 is 0 Å². The summed E-state index contributed by atoms with van der Waals surface area (Å²) in [4.78, 5) is 24.9. The van der Waals surface area contributed by atoms with Crippen LogP contribution in [0.3, 0.4) is 0 Å². The first-order valence-electron chi connectivity index (χ1n) is 6.64. The topological polar surface area (TPSA) is 69.6 Å². The highest BCUT2D eigenvalue weighted by molar-refractivity contribution is 9.10. The average molecular weight is 376 g/mol. The first-order valence-corrected chi connectivity index (χ1v) is 7.81. The number of rotatable bonds is 2. The molecule has 114 valence electrons. The summed E-state index contributed by atoms with van der Waals surface area (Å²) in [7, 11) is 0. The number of nitrogens with one attached hydrogen (secondary N) is 1. The molecule has 2 amide bonds. The maximum Gasteiger partial charge on any atom is 0.322 e. The van der Waals surface area contributed by atoms with E-state index in [2.05, 4.69) is 21.2 Å². The zero-order valence-corrected chi connectivity index (χ0v) is 13.8. The van der Waals surface area contributed by atoms with E-state index in [0.29, 0.717) is 30.1 Å². The number of nitrogens with zero attached hydrogens (tertiary/aromatic N) is 1. The third kappa shape index (κ3) is 3.89. The number of hydrogen-bond donors (Lipinski definition) is 2. The number of carbonyl (C=O) groups excluding carboxylic acids is 1. The second kappa shape index (κ2) is 6.66. The first kappa shape index (κ1) is 16.1. The van der Waals surface area contributed by atoms with E-state index in [1.54, 1.807) is 23.1 Å². The minimum Gasteiger partial charge on any atom is -0.481 e. The fourth-order valence-electron chi connectivity index (χ4n) is 2.48. The Balaban J connectivity index is 2.02. The van der Waals surface area contributed by atoms with Crippen LogP contribution in [0.25, 0.3) is 0 Å². The molecule has 0 radical (unpaired) electrons. The Morgan fingerprint density at radius 3 is 2.76 bits per heavy atom. The molecule has 1 saturated heterocycles. The van der Waals surface area contributed by atoms with E-state index in [1.807, 2.05) is 6.92 Å². The monoisotopic (exact) mass is 374 g/mol. The molecule has 1 fully saturated rings. The Morgan fingerprint density at radius 2 is 2.19 bits per heavy atom. The molecule has 0 spiro atoms. The quantitative estimate of drug-likeness (QED) is 0.825. The van der Waals surface area contributed by atoms with E-state index in [-0.39, 0.29) is 18.0 Å². The van der Waals surface area contributed by atoms with E-state index in [4.69, 9.17) is 16.7 Å². The molecule has 0 bridgehead atoms. The summed E-state index contributed by atoms with van der Waals surface area (Å²) in [5.41, 5.74) is 0.539. The number of amides is 2. The van der Waals surface area contributed by atoms with E-state index < -0.39 is 5.97 Å². The molecular weight excluding hydrogens is 360 g/mol. The lowest BCUT2D eigenvalue weighted by molar-refractivity contribution is -0.143. The van der Waals surface area contributed by atoms with Gasteiger partial charge in [-0.3, -0.25) is 4.79 Å². The van der Waals surface area contributed by atoms with Gasteiger partial charge in [-0.15, -0.1) is 0 Å². The summed E-state index contributed by atoms with van der Waals surface area (Å²) in [6, 6.07) is 4.85. The van der Waals surface area contributed by atoms with Gasteiger partial charge >= 0.3 is 12.0 Å². The van der Waals surface area contributed by atoms with Gasteiger partial charge in [0.05, 0.1) is 16.6 Å². The lowest BCUT2D eigenvalue weighted by atomic mass is 9.92. The average Bonchev–Trinajstić information content (AvgIpc) is 2.41. The molecule has 1 heterocycles. The predicted octanol–water partition coefficient (Wildman–Crippen LogP) is 3.82. The zero-order valence-electron chi connectivity index (χ0n) is 11.5. The number of carboxylic acids is 1. The van der Waals surface area contributed by atoms with Crippen molar-refractivity contribution < 1.29 is 14.7 Å². The van der Waals surface area contributed by atoms with Crippen LogP contribution in [0.1, 0.15) is 19.8 Å². The molecule has 0 aliphatic carbocycles. The second-order valence-corrected chi connectivity index (χ2v) is 6.48. The molecule has 2 atom stereocenters.